The fraction of sp³-hybridized carbons (Fsp3) is 0.800. The molecule has 18 heavy (non-hydrogen) atoms. The monoisotopic (exact) mass is 255 g/mol. The third kappa shape index (κ3) is 13.2. The van der Waals surface area contributed by atoms with Crippen molar-refractivity contribution in [2.24, 2.45) is 5.73 Å². The average molecular weight is 255 g/mol. The molecule has 0 bridgehead atoms. The number of rotatable bonds is 11. The highest BCUT2D eigenvalue weighted by Crippen LogP contribution is 2.08. The Kier molecular flexibility index (Phi) is 12.0. The van der Waals surface area contributed by atoms with Gasteiger partial charge in [-0.05, 0) is 39.5 Å². The molecule has 0 amide bonds. The third-order valence-electron chi connectivity index (χ3n) is 2.82. The van der Waals surface area contributed by atoms with Crippen LogP contribution in [-0.2, 0) is 9.53 Å². The van der Waals surface area contributed by atoms with Gasteiger partial charge >= 0.3 is 5.97 Å². The molecule has 0 aliphatic carbocycles. The van der Waals surface area contributed by atoms with Crippen molar-refractivity contribution in [2.45, 2.75) is 71.3 Å². The summed E-state index contributed by atoms with van der Waals surface area (Å²) >= 11 is 0. The van der Waals surface area contributed by atoms with Gasteiger partial charge in [-0.15, -0.1) is 0 Å². The molecule has 0 aliphatic rings. The lowest BCUT2D eigenvalue weighted by molar-refractivity contribution is -0.143. The minimum atomic E-state index is -0.0791. The maximum Gasteiger partial charge on any atom is 0.305 e. The highest BCUT2D eigenvalue weighted by atomic mass is 16.5. The van der Waals surface area contributed by atoms with Crippen LogP contribution in [0.1, 0.15) is 65.2 Å². The zero-order valence-corrected chi connectivity index (χ0v) is 12.0. The van der Waals surface area contributed by atoms with Crippen LogP contribution >= 0.6 is 0 Å². The van der Waals surface area contributed by atoms with Crippen LogP contribution in [0.4, 0.5) is 0 Å². The van der Waals surface area contributed by atoms with E-state index in [2.05, 4.69) is 19.1 Å². The molecule has 1 unspecified atom stereocenters. The Morgan fingerprint density at radius 1 is 1.22 bits per heavy atom. The number of carbonyl (C=O) groups excluding carboxylic acids is 1. The lowest BCUT2D eigenvalue weighted by atomic mass is 10.1. The van der Waals surface area contributed by atoms with E-state index in [1.54, 1.807) is 0 Å². The Morgan fingerprint density at radius 2 is 1.89 bits per heavy atom. The average Bonchev–Trinajstić information content (AvgIpc) is 2.32. The predicted molar refractivity (Wildman–Crippen MR) is 76.4 cm³/mol. The quantitative estimate of drug-likeness (QED) is 0.349. The summed E-state index contributed by atoms with van der Waals surface area (Å²) in [6, 6.07) is 0.106. The second-order valence-corrected chi connectivity index (χ2v) is 4.86. The summed E-state index contributed by atoms with van der Waals surface area (Å²) in [5.74, 6) is -0.0791. The molecule has 0 aliphatic heterocycles. The fourth-order valence-corrected chi connectivity index (χ4v) is 1.66. The van der Waals surface area contributed by atoms with Crippen molar-refractivity contribution in [3.05, 3.63) is 12.2 Å². The number of allylic oxidation sites excluding steroid dienone is 2. The van der Waals surface area contributed by atoms with Crippen molar-refractivity contribution in [2.75, 3.05) is 6.61 Å². The largest absolute Gasteiger partial charge is 0.466 e. The highest BCUT2D eigenvalue weighted by Gasteiger charge is 2.03. The first kappa shape index (κ1) is 17.2. The Balaban J connectivity index is 3.20. The van der Waals surface area contributed by atoms with Crippen molar-refractivity contribution in [3.63, 3.8) is 0 Å². The van der Waals surface area contributed by atoms with Crippen LogP contribution < -0.4 is 5.73 Å². The Hall–Kier alpha value is -0.830. The van der Waals surface area contributed by atoms with Crippen LogP contribution in [0.2, 0.25) is 0 Å². The summed E-state index contributed by atoms with van der Waals surface area (Å²) in [6.45, 7) is 4.43. The molecule has 106 valence electrons. The van der Waals surface area contributed by atoms with Gasteiger partial charge in [0.15, 0.2) is 0 Å². The minimum absolute atomic E-state index is 0.0791. The molecular formula is C15H29NO2. The zero-order valence-electron chi connectivity index (χ0n) is 12.0. The summed E-state index contributed by atoms with van der Waals surface area (Å²) in [6.07, 6.45) is 12.6. The van der Waals surface area contributed by atoms with Gasteiger partial charge in [0.2, 0.25) is 0 Å². The van der Waals surface area contributed by atoms with Crippen LogP contribution in [0.15, 0.2) is 12.2 Å². The Bertz CT molecular complexity index is 225. The van der Waals surface area contributed by atoms with Gasteiger partial charge in [-0.2, -0.15) is 0 Å². The molecule has 0 fully saturated rings. The van der Waals surface area contributed by atoms with E-state index in [-0.39, 0.29) is 12.0 Å². The van der Waals surface area contributed by atoms with Crippen LogP contribution in [0, 0.1) is 0 Å². The summed E-state index contributed by atoms with van der Waals surface area (Å²) < 4.78 is 5.08. The SMILES string of the molecule is C/C=C/CCCCCCCC(=O)OCCC(C)N. The fourth-order valence-electron chi connectivity index (χ4n) is 1.66. The van der Waals surface area contributed by atoms with E-state index in [0.29, 0.717) is 13.0 Å². The smallest absolute Gasteiger partial charge is 0.305 e. The minimum Gasteiger partial charge on any atom is -0.466 e. The van der Waals surface area contributed by atoms with E-state index >= 15 is 0 Å². The lowest BCUT2D eigenvalue weighted by Crippen LogP contribution is -2.18. The number of esters is 1. The number of hydrogen-bond donors (Lipinski definition) is 1. The standard InChI is InChI=1S/C15H29NO2/c1-3-4-5-6-7-8-9-10-11-15(17)18-13-12-14(2)16/h3-4,14H,5-13,16H2,1-2H3/b4-3+. The van der Waals surface area contributed by atoms with Crippen LogP contribution in [0.3, 0.4) is 0 Å². The summed E-state index contributed by atoms with van der Waals surface area (Å²) in [7, 11) is 0. The van der Waals surface area contributed by atoms with Gasteiger partial charge < -0.3 is 10.5 Å². The first-order chi connectivity index (χ1) is 8.66. The molecule has 0 radical (unpaired) electrons. The van der Waals surface area contributed by atoms with Crippen molar-refractivity contribution < 1.29 is 9.53 Å². The van der Waals surface area contributed by atoms with E-state index in [9.17, 15) is 4.79 Å². The van der Waals surface area contributed by atoms with Crippen LogP contribution in [0.5, 0.6) is 0 Å². The highest BCUT2D eigenvalue weighted by molar-refractivity contribution is 5.69. The maximum atomic E-state index is 11.3. The van der Waals surface area contributed by atoms with Crippen LogP contribution in [-0.4, -0.2) is 18.6 Å². The molecule has 0 aromatic heterocycles. The second kappa shape index (κ2) is 12.6. The van der Waals surface area contributed by atoms with E-state index < -0.39 is 0 Å². The van der Waals surface area contributed by atoms with Crippen molar-refractivity contribution >= 4 is 5.97 Å². The van der Waals surface area contributed by atoms with Gasteiger partial charge in [0, 0.05) is 12.5 Å². The van der Waals surface area contributed by atoms with E-state index in [0.717, 1.165) is 19.3 Å². The van der Waals surface area contributed by atoms with Crippen LogP contribution in [0.25, 0.3) is 0 Å². The first-order valence-electron chi connectivity index (χ1n) is 7.19. The number of ether oxygens (including phenoxy) is 1. The van der Waals surface area contributed by atoms with E-state index in [1.807, 2.05) is 6.92 Å². The Labute approximate surface area is 112 Å². The molecular weight excluding hydrogens is 226 g/mol. The van der Waals surface area contributed by atoms with Crippen molar-refractivity contribution in [1.29, 1.82) is 0 Å². The van der Waals surface area contributed by atoms with Crippen molar-refractivity contribution in [3.8, 4) is 0 Å². The lowest BCUT2D eigenvalue weighted by Gasteiger charge is -2.06. The molecule has 1 atom stereocenters. The maximum absolute atomic E-state index is 11.3. The predicted octanol–water partition coefficient (Wildman–Crippen LogP) is 3.57. The molecule has 3 heteroatoms. The number of hydrogen-bond acceptors (Lipinski definition) is 3. The summed E-state index contributed by atoms with van der Waals surface area (Å²) in [4.78, 5) is 11.3. The Morgan fingerprint density at radius 3 is 2.56 bits per heavy atom. The zero-order chi connectivity index (χ0) is 13.6. The molecule has 0 saturated carbocycles. The van der Waals surface area contributed by atoms with Gasteiger partial charge in [-0.3, -0.25) is 4.79 Å². The second-order valence-electron chi connectivity index (χ2n) is 4.86. The summed E-state index contributed by atoms with van der Waals surface area (Å²) in [5.41, 5.74) is 5.57. The molecule has 0 rings (SSSR count). The van der Waals surface area contributed by atoms with Gasteiger partial charge in [0.05, 0.1) is 6.61 Å². The first-order valence-corrected chi connectivity index (χ1v) is 7.19. The van der Waals surface area contributed by atoms with E-state index in [1.165, 1.54) is 25.7 Å². The molecule has 2 N–H and O–H groups in total. The van der Waals surface area contributed by atoms with Gasteiger partial charge in [0.25, 0.3) is 0 Å². The molecule has 0 heterocycles. The molecule has 0 saturated heterocycles. The number of nitrogens with two attached hydrogens (primary N) is 1. The van der Waals surface area contributed by atoms with Gasteiger partial charge in [-0.25, -0.2) is 0 Å². The summed E-state index contributed by atoms with van der Waals surface area (Å²) in [5, 5.41) is 0. The molecule has 0 aromatic rings. The third-order valence-corrected chi connectivity index (χ3v) is 2.82. The topological polar surface area (TPSA) is 52.3 Å². The van der Waals surface area contributed by atoms with Crippen molar-refractivity contribution in [1.82, 2.24) is 0 Å². The molecule has 0 spiro atoms. The number of unbranched alkanes of at least 4 members (excludes halogenated alkanes) is 5. The normalized spacial score (nSPS) is 12.8. The molecule has 0 aromatic carbocycles. The molecule has 3 nitrogen and oxygen atoms in total. The van der Waals surface area contributed by atoms with E-state index in [4.69, 9.17) is 10.5 Å². The van der Waals surface area contributed by atoms with Gasteiger partial charge in [-0.1, -0.05) is 31.4 Å². The number of carbonyl (C=O) groups is 1. The van der Waals surface area contributed by atoms with Gasteiger partial charge in [0.1, 0.15) is 0 Å².